The molecule has 2 heterocycles. The molecule has 0 atom stereocenters. The summed E-state index contributed by atoms with van der Waals surface area (Å²) in [6.45, 7) is 2.48. The molecule has 0 aliphatic heterocycles. The highest BCUT2D eigenvalue weighted by atomic mass is 19.1. The molecule has 4 nitrogen and oxygen atoms in total. The molecule has 0 saturated heterocycles. The second-order valence-electron chi connectivity index (χ2n) is 6.49. The van der Waals surface area contributed by atoms with E-state index in [1.165, 1.54) is 6.07 Å². The quantitative estimate of drug-likeness (QED) is 0.582. The van der Waals surface area contributed by atoms with Crippen LogP contribution in [0.15, 0.2) is 61.1 Å². The Morgan fingerprint density at radius 1 is 0.889 bits per heavy atom. The van der Waals surface area contributed by atoms with E-state index in [0.29, 0.717) is 5.56 Å². The first-order chi connectivity index (χ1) is 13.2. The van der Waals surface area contributed by atoms with Crippen LogP contribution in [0.2, 0.25) is 0 Å². The van der Waals surface area contributed by atoms with E-state index < -0.39 is 0 Å². The Labute approximate surface area is 157 Å². The van der Waals surface area contributed by atoms with Gasteiger partial charge in [-0.2, -0.15) is 0 Å². The molecule has 0 bridgehead atoms. The van der Waals surface area contributed by atoms with Crippen LogP contribution in [-0.4, -0.2) is 22.0 Å². The van der Waals surface area contributed by atoms with Crippen molar-refractivity contribution in [1.29, 1.82) is 0 Å². The Bertz CT molecular complexity index is 1120. The number of aromatic nitrogens is 3. The molecule has 0 aliphatic carbocycles. The molecule has 134 valence electrons. The zero-order chi connectivity index (χ0) is 18.8. The summed E-state index contributed by atoms with van der Waals surface area (Å²) in [5.41, 5.74) is 7.06. The van der Waals surface area contributed by atoms with Gasteiger partial charge in [0.25, 0.3) is 0 Å². The number of hydrogen-bond acceptors (Lipinski definition) is 4. The molecule has 2 aromatic carbocycles. The summed E-state index contributed by atoms with van der Waals surface area (Å²) >= 11 is 0. The minimum absolute atomic E-state index is 0.215. The van der Waals surface area contributed by atoms with Crippen molar-refractivity contribution in [3.8, 4) is 22.4 Å². The lowest BCUT2D eigenvalue weighted by molar-refractivity contribution is 0.619. The van der Waals surface area contributed by atoms with Crippen molar-refractivity contribution in [2.24, 2.45) is 0 Å². The van der Waals surface area contributed by atoms with E-state index >= 15 is 0 Å². The van der Waals surface area contributed by atoms with Crippen LogP contribution in [0.25, 0.3) is 33.4 Å². The number of benzene rings is 2. The molecule has 0 aliphatic rings. The molecule has 0 fully saturated rings. The van der Waals surface area contributed by atoms with E-state index in [2.05, 4.69) is 21.4 Å². The highest BCUT2D eigenvalue weighted by Crippen LogP contribution is 2.33. The first kappa shape index (κ1) is 17.2. The summed E-state index contributed by atoms with van der Waals surface area (Å²) in [6.07, 6.45) is 5.23. The molecule has 0 spiro atoms. The molecule has 4 aromatic rings. The third kappa shape index (κ3) is 3.41. The van der Waals surface area contributed by atoms with Crippen molar-refractivity contribution >= 4 is 11.0 Å². The molecule has 0 unspecified atom stereocenters. The summed E-state index contributed by atoms with van der Waals surface area (Å²) in [5.74, 6) is -0.215. The molecule has 1 N–H and O–H groups in total. The lowest BCUT2D eigenvalue weighted by Gasteiger charge is -2.13. The third-order valence-corrected chi connectivity index (χ3v) is 4.54. The fourth-order valence-electron chi connectivity index (χ4n) is 3.18. The van der Waals surface area contributed by atoms with Crippen molar-refractivity contribution in [3.63, 3.8) is 0 Å². The Kier molecular flexibility index (Phi) is 4.60. The van der Waals surface area contributed by atoms with Crippen LogP contribution in [0, 0.1) is 12.7 Å². The van der Waals surface area contributed by atoms with Crippen molar-refractivity contribution in [3.05, 3.63) is 78.0 Å². The molecule has 5 heteroatoms. The van der Waals surface area contributed by atoms with Crippen LogP contribution >= 0.6 is 0 Å². The van der Waals surface area contributed by atoms with Crippen molar-refractivity contribution in [1.82, 2.24) is 20.3 Å². The van der Waals surface area contributed by atoms with Gasteiger partial charge in [0.1, 0.15) is 5.82 Å². The van der Waals surface area contributed by atoms with E-state index in [9.17, 15) is 4.39 Å². The summed E-state index contributed by atoms with van der Waals surface area (Å²) in [7, 11) is 1.91. The van der Waals surface area contributed by atoms with Gasteiger partial charge < -0.3 is 5.32 Å². The second-order valence-corrected chi connectivity index (χ2v) is 6.49. The highest BCUT2D eigenvalue weighted by molar-refractivity contribution is 5.87. The third-order valence-electron chi connectivity index (χ3n) is 4.54. The zero-order valence-electron chi connectivity index (χ0n) is 15.2. The van der Waals surface area contributed by atoms with Crippen LogP contribution < -0.4 is 5.32 Å². The van der Waals surface area contributed by atoms with E-state index in [1.807, 2.05) is 37.5 Å². The van der Waals surface area contributed by atoms with Gasteiger partial charge in [-0.05, 0) is 67.1 Å². The van der Waals surface area contributed by atoms with Crippen LogP contribution in [0.3, 0.4) is 0 Å². The maximum atomic E-state index is 13.7. The highest BCUT2D eigenvalue weighted by Gasteiger charge is 2.13. The minimum atomic E-state index is -0.215. The number of rotatable bonds is 4. The van der Waals surface area contributed by atoms with Gasteiger partial charge in [0.05, 0.1) is 16.7 Å². The van der Waals surface area contributed by atoms with E-state index in [-0.39, 0.29) is 5.82 Å². The molecular formula is C22H19FN4. The van der Waals surface area contributed by atoms with Crippen molar-refractivity contribution in [2.45, 2.75) is 13.5 Å². The Morgan fingerprint density at radius 2 is 1.67 bits per heavy atom. The zero-order valence-corrected chi connectivity index (χ0v) is 15.2. The van der Waals surface area contributed by atoms with E-state index in [0.717, 1.165) is 45.5 Å². The molecule has 0 radical (unpaired) electrons. The SMILES string of the molecule is CNCc1cnc(-c2ccc(F)c(C)c2)c(-c2ccc3nccnc3c2)c1. The number of fused-ring (bicyclic) bond motifs is 1. The van der Waals surface area contributed by atoms with Crippen molar-refractivity contribution < 1.29 is 4.39 Å². The minimum Gasteiger partial charge on any atom is -0.316 e. The maximum absolute atomic E-state index is 13.7. The van der Waals surface area contributed by atoms with Crippen LogP contribution in [-0.2, 0) is 6.54 Å². The van der Waals surface area contributed by atoms with Gasteiger partial charge in [-0.3, -0.25) is 15.0 Å². The van der Waals surface area contributed by atoms with Gasteiger partial charge in [0.2, 0.25) is 0 Å². The largest absolute Gasteiger partial charge is 0.316 e. The Balaban J connectivity index is 1.92. The Morgan fingerprint density at radius 3 is 2.44 bits per heavy atom. The topological polar surface area (TPSA) is 50.7 Å². The predicted octanol–water partition coefficient (Wildman–Crippen LogP) is 4.53. The molecule has 27 heavy (non-hydrogen) atoms. The monoisotopic (exact) mass is 358 g/mol. The van der Waals surface area contributed by atoms with Gasteiger partial charge in [-0.25, -0.2) is 4.39 Å². The summed E-state index contributed by atoms with van der Waals surface area (Å²) in [5, 5.41) is 3.16. The number of nitrogens with one attached hydrogen (secondary N) is 1. The lowest BCUT2D eigenvalue weighted by Crippen LogP contribution is -2.06. The molecule has 0 saturated carbocycles. The smallest absolute Gasteiger partial charge is 0.126 e. The first-order valence-corrected chi connectivity index (χ1v) is 8.77. The standard InChI is InChI=1S/C22H19FN4/c1-14-9-17(3-5-19(14)23)22-18(10-15(12-24-2)13-27-22)16-4-6-20-21(11-16)26-8-7-25-20/h3-11,13,24H,12H2,1-2H3. The molecule has 2 aromatic heterocycles. The number of aryl methyl sites for hydroxylation is 1. The average molecular weight is 358 g/mol. The molecule has 4 rings (SSSR count). The summed E-state index contributed by atoms with van der Waals surface area (Å²) in [4.78, 5) is 13.4. The lowest BCUT2D eigenvalue weighted by atomic mass is 9.96. The van der Waals surface area contributed by atoms with Gasteiger partial charge in [0, 0.05) is 36.3 Å². The molecular weight excluding hydrogens is 339 g/mol. The van der Waals surface area contributed by atoms with Crippen molar-refractivity contribution in [2.75, 3.05) is 7.05 Å². The van der Waals surface area contributed by atoms with Crippen LogP contribution in [0.4, 0.5) is 4.39 Å². The summed E-state index contributed by atoms with van der Waals surface area (Å²) < 4.78 is 13.7. The predicted molar refractivity (Wildman–Crippen MR) is 106 cm³/mol. The normalized spacial score (nSPS) is 11.1. The average Bonchev–Trinajstić information content (AvgIpc) is 2.70. The fourth-order valence-corrected chi connectivity index (χ4v) is 3.18. The number of pyridine rings is 1. The summed E-state index contributed by atoms with van der Waals surface area (Å²) in [6, 6.07) is 13.2. The number of halogens is 1. The molecule has 0 amide bonds. The second kappa shape index (κ2) is 7.21. The van der Waals surface area contributed by atoms with Gasteiger partial charge >= 0.3 is 0 Å². The van der Waals surface area contributed by atoms with Gasteiger partial charge in [-0.15, -0.1) is 0 Å². The Hall–Kier alpha value is -3.18. The van der Waals surface area contributed by atoms with Gasteiger partial charge in [0.15, 0.2) is 0 Å². The maximum Gasteiger partial charge on any atom is 0.126 e. The number of nitrogens with zero attached hydrogens (tertiary/aromatic N) is 3. The fraction of sp³-hybridized carbons (Fsp3) is 0.136. The van der Waals surface area contributed by atoms with Crippen LogP contribution in [0.1, 0.15) is 11.1 Å². The first-order valence-electron chi connectivity index (χ1n) is 8.77. The van der Waals surface area contributed by atoms with E-state index in [1.54, 1.807) is 25.4 Å². The number of hydrogen-bond donors (Lipinski definition) is 1. The van der Waals surface area contributed by atoms with Crippen LogP contribution in [0.5, 0.6) is 0 Å². The van der Waals surface area contributed by atoms with Gasteiger partial charge in [-0.1, -0.05) is 6.07 Å². The van der Waals surface area contributed by atoms with E-state index in [4.69, 9.17) is 4.98 Å².